The van der Waals surface area contributed by atoms with Crippen LogP contribution >= 0.6 is 0 Å². The van der Waals surface area contributed by atoms with E-state index in [-0.39, 0.29) is 24.4 Å². The number of allylic oxidation sites excluding steroid dienone is 3. The molecule has 2 heterocycles. The zero-order valence-corrected chi connectivity index (χ0v) is 19.1. The Morgan fingerprint density at radius 1 is 1.18 bits per heavy atom. The number of hydrogen-bond donors (Lipinski definition) is 0. The second kappa shape index (κ2) is 12.3. The minimum absolute atomic E-state index is 0.0438. The van der Waals surface area contributed by atoms with Crippen LogP contribution in [0.2, 0.25) is 0 Å². The Morgan fingerprint density at radius 3 is 2.85 bits per heavy atom. The maximum Gasteiger partial charge on any atom is 0.156 e. The first-order chi connectivity index (χ1) is 16.0. The summed E-state index contributed by atoms with van der Waals surface area (Å²) in [5.41, 5.74) is 1.77. The van der Waals surface area contributed by atoms with Crippen molar-refractivity contribution in [1.82, 2.24) is 9.55 Å². The van der Waals surface area contributed by atoms with E-state index in [0.29, 0.717) is 36.8 Å². The fourth-order valence-electron chi connectivity index (χ4n) is 3.25. The highest BCUT2D eigenvalue weighted by molar-refractivity contribution is 5.97. The number of ketones is 2. The minimum Gasteiger partial charge on any atom is -0.496 e. The van der Waals surface area contributed by atoms with Gasteiger partial charge in [-0.1, -0.05) is 18.2 Å². The molecule has 7 heteroatoms. The van der Waals surface area contributed by atoms with Gasteiger partial charge in [0.2, 0.25) is 0 Å². The molecule has 1 aromatic carbocycles. The number of aromatic nitrogens is 2. The van der Waals surface area contributed by atoms with E-state index in [4.69, 9.17) is 9.47 Å². The summed E-state index contributed by atoms with van der Waals surface area (Å²) in [7, 11) is 3.45. The molecule has 1 aliphatic rings. The molecular weight excluding hydrogens is 418 g/mol. The molecular formula is C26H29N3O4. The summed E-state index contributed by atoms with van der Waals surface area (Å²) >= 11 is 0. The summed E-state index contributed by atoms with van der Waals surface area (Å²) in [5, 5.41) is 0. The lowest BCUT2D eigenvalue weighted by molar-refractivity contribution is -0.122. The Hall–Kier alpha value is -3.74. The number of benzene rings is 1. The van der Waals surface area contributed by atoms with Crippen LogP contribution in [0, 0.1) is 0 Å². The molecule has 0 atom stereocenters. The van der Waals surface area contributed by atoms with E-state index in [1.807, 2.05) is 54.2 Å². The summed E-state index contributed by atoms with van der Waals surface area (Å²) in [4.78, 5) is 32.8. The van der Waals surface area contributed by atoms with Crippen LogP contribution in [-0.2, 0) is 23.1 Å². The van der Waals surface area contributed by atoms with Gasteiger partial charge in [-0.15, -0.1) is 0 Å². The highest BCUT2D eigenvalue weighted by atomic mass is 16.5. The van der Waals surface area contributed by atoms with Crippen LogP contribution < -0.4 is 9.47 Å². The van der Waals surface area contributed by atoms with E-state index in [1.54, 1.807) is 25.6 Å². The van der Waals surface area contributed by atoms with Crippen molar-refractivity contribution in [2.75, 3.05) is 13.7 Å². The van der Waals surface area contributed by atoms with E-state index < -0.39 is 0 Å². The fraction of sp³-hybridized carbons (Fsp3) is 0.308. The molecule has 1 aromatic heterocycles. The first-order valence-corrected chi connectivity index (χ1v) is 10.9. The quantitative estimate of drug-likeness (QED) is 0.454. The molecule has 3 rings (SSSR count). The minimum atomic E-state index is -0.0889. The van der Waals surface area contributed by atoms with Gasteiger partial charge in [0.15, 0.2) is 5.78 Å². The van der Waals surface area contributed by atoms with Crippen molar-refractivity contribution in [3.8, 4) is 11.5 Å². The standard InChI is InChI=1S/C26H29N3O4/c1-29-17-16-28-26(29)14-12-23(31)11-10-22(30)9-7-20-8-13-24(18-25(20)32-2)33-19-21-6-4-3-5-15-27-21/h4-6,8,12-18H,3,7,9-11,19H2,1-2H3/b14-12+. The van der Waals surface area contributed by atoms with Gasteiger partial charge in [-0.3, -0.25) is 14.6 Å². The molecule has 0 unspecified atom stereocenters. The Labute approximate surface area is 194 Å². The molecule has 7 nitrogen and oxygen atoms in total. The number of methoxy groups -OCH3 is 1. The van der Waals surface area contributed by atoms with Crippen LogP contribution in [0.5, 0.6) is 11.5 Å². The van der Waals surface area contributed by atoms with Crippen LogP contribution in [0.3, 0.4) is 0 Å². The predicted octanol–water partition coefficient (Wildman–Crippen LogP) is 4.29. The van der Waals surface area contributed by atoms with Gasteiger partial charge in [-0.25, -0.2) is 4.98 Å². The Kier molecular flexibility index (Phi) is 8.94. The Bertz CT molecular complexity index is 1090. The number of aliphatic imine (C=N–C) groups is 1. The molecule has 0 aliphatic carbocycles. The largest absolute Gasteiger partial charge is 0.496 e. The zero-order valence-electron chi connectivity index (χ0n) is 19.1. The normalized spacial score (nSPS) is 13.1. The second-order valence-electron chi connectivity index (χ2n) is 7.64. The number of rotatable bonds is 12. The Balaban J connectivity index is 1.45. The molecule has 0 amide bonds. The average Bonchev–Trinajstić information content (AvgIpc) is 3.06. The summed E-state index contributed by atoms with van der Waals surface area (Å²) in [6.07, 6.45) is 16.5. The lowest BCUT2D eigenvalue weighted by Crippen LogP contribution is -2.09. The highest BCUT2D eigenvalue weighted by Crippen LogP contribution is 2.26. The molecule has 172 valence electrons. The summed E-state index contributed by atoms with van der Waals surface area (Å²) in [6.45, 7) is 0.366. The molecule has 2 aromatic rings. The second-order valence-corrected chi connectivity index (χ2v) is 7.64. The van der Waals surface area contributed by atoms with Crippen molar-refractivity contribution >= 4 is 23.4 Å². The molecule has 0 bridgehead atoms. The van der Waals surface area contributed by atoms with Gasteiger partial charge in [0.05, 0.1) is 12.8 Å². The van der Waals surface area contributed by atoms with Gasteiger partial charge in [-0.2, -0.15) is 0 Å². The number of nitrogens with zero attached hydrogens (tertiary/aromatic N) is 3. The van der Waals surface area contributed by atoms with E-state index >= 15 is 0 Å². The number of carbonyl (C=O) groups is 2. The smallest absolute Gasteiger partial charge is 0.156 e. The van der Waals surface area contributed by atoms with E-state index in [9.17, 15) is 9.59 Å². The van der Waals surface area contributed by atoms with E-state index in [1.165, 1.54) is 6.08 Å². The SMILES string of the molecule is COc1cc(OCC2=NC=CCC=C2)ccc1CCC(=O)CCC(=O)/C=C/c1nccn1C. The number of hydrogen-bond acceptors (Lipinski definition) is 6. The maximum atomic E-state index is 12.3. The molecule has 0 N–H and O–H groups in total. The monoisotopic (exact) mass is 447 g/mol. The number of aryl methyl sites for hydroxylation is 2. The molecule has 0 saturated carbocycles. The third-order valence-corrected chi connectivity index (χ3v) is 5.17. The lowest BCUT2D eigenvalue weighted by atomic mass is 10.0. The van der Waals surface area contributed by atoms with Crippen molar-refractivity contribution in [3.63, 3.8) is 0 Å². The average molecular weight is 448 g/mol. The van der Waals surface area contributed by atoms with Gasteiger partial charge in [0.25, 0.3) is 0 Å². The molecule has 0 fully saturated rings. The molecule has 1 aliphatic heterocycles. The first-order valence-electron chi connectivity index (χ1n) is 10.9. The lowest BCUT2D eigenvalue weighted by Gasteiger charge is -2.12. The summed E-state index contributed by atoms with van der Waals surface area (Å²) < 4.78 is 13.1. The van der Waals surface area contributed by atoms with Crippen molar-refractivity contribution in [3.05, 3.63) is 72.5 Å². The van der Waals surface area contributed by atoms with Gasteiger partial charge in [-0.05, 0) is 42.7 Å². The van der Waals surface area contributed by atoms with E-state index in [2.05, 4.69) is 9.98 Å². The van der Waals surface area contributed by atoms with Crippen molar-refractivity contribution < 1.29 is 19.1 Å². The van der Waals surface area contributed by atoms with Gasteiger partial charge in [0, 0.05) is 51.0 Å². The van der Waals surface area contributed by atoms with Crippen molar-refractivity contribution in [2.45, 2.75) is 32.1 Å². The van der Waals surface area contributed by atoms with Gasteiger partial charge < -0.3 is 14.0 Å². The molecule has 33 heavy (non-hydrogen) atoms. The predicted molar refractivity (Wildman–Crippen MR) is 129 cm³/mol. The first kappa shape index (κ1) is 23.9. The van der Waals surface area contributed by atoms with Gasteiger partial charge >= 0.3 is 0 Å². The number of ether oxygens (including phenoxy) is 2. The molecule has 0 saturated heterocycles. The maximum absolute atomic E-state index is 12.3. The van der Waals surface area contributed by atoms with Crippen LogP contribution in [0.15, 0.2) is 66.1 Å². The van der Waals surface area contributed by atoms with Crippen LogP contribution in [0.4, 0.5) is 0 Å². The highest BCUT2D eigenvalue weighted by Gasteiger charge is 2.10. The van der Waals surface area contributed by atoms with Crippen molar-refractivity contribution in [1.29, 1.82) is 0 Å². The number of Topliss-reactive ketones (excluding diaryl/α,β-unsaturated/α-hetero) is 1. The third kappa shape index (κ3) is 7.71. The summed E-state index contributed by atoms with van der Waals surface area (Å²) in [6, 6.07) is 5.60. The topological polar surface area (TPSA) is 82.8 Å². The summed E-state index contributed by atoms with van der Waals surface area (Å²) in [5.74, 6) is 2.00. The van der Waals surface area contributed by atoms with Gasteiger partial charge in [0.1, 0.15) is 29.7 Å². The molecule has 0 radical (unpaired) electrons. The van der Waals surface area contributed by atoms with E-state index in [0.717, 1.165) is 17.7 Å². The van der Waals surface area contributed by atoms with Crippen LogP contribution in [0.1, 0.15) is 37.1 Å². The van der Waals surface area contributed by atoms with Crippen molar-refractivity contribution in [2.24, 2.45) is 12.0 Å². The number of imidazole rings is 1. The van der Waals surface area contributed by atoms with Crippen LogP contribution in [-0.4, -0.2) is 40.5 Å². The fourth-order valence-corrected chi connectivity index (χ4v) is 3.25. The molecule has 0 spiro atoms. The Morgan fingerprint density at radius 2 is 2.06 bits per heavy atom. The zero-order chi connectivity index (χ0) is 23.5. The van der Waals surface area contributed by atoms with Crippen LogP contribution in [0.25, 0.3) is 6.08 Å². The number of carbonyl (C=O) groups excluding carboxylic acids is 2. The third-order valence-electron chi connectivity index (χ3n) is 5.17.